The molecule has 1 rings (SSSR count). The first-order valence-corrected chi connectivity index (χ1v) is 13.9. The van der Waals surface area contributed by atoms with E-state index in [2.05, 4.69) is 33.5 Å². The predicted octanol–water partition coefficient (Wildman–Crippen LogP) is 1.37. The smallest absolute Gasteiger partial charge is 0.239 e. The summed E-state index contributed by atoms with van der Waals surface area (Å²) in [5.41, 5.74) is 0.494. The molecule has 0 heterocycles. The standard InChI is InChI=1S/C26H41N5O5S/c1-2-3-4-5-6-10-14-27-15-11-16-28-22(32)17-29-23(33)18-30-24(34)19-31-25(35)20-37-26(36)21-12-8-7-9-13-21/h7-9,12-13,27H,2-6,10-11,14-20H2,1H3,(H,28,32)(H,29,33)(H,30,34)(H,31,35). The largest absolute Gasteiger partial charge is 0.355 e. The van der Waals surface area contributed by atoms with Crippen molar-refractivity contribution in [2.45, 2.75) is 51.9 Å². The van der Waals surface area contributed by atoms with Crippen LogP contribution in [0.1, 0.15) is 62.2 Å². The van der Waals surface area contributed by atoms with E-state index in [1.807, 2.05) is 0 Å². The van der Waals surface area contributed by atoms with E-state index in [4.69, 9.17) is 0 Å². The van der Waals surface area contributed by atoms with E-state index >= 15 is 0 Å². The second-order valence-corrected chi connectivity index (χ2v) is 9.44. The number of thioether (sulfide) groups is 1. The van der Waals surface area contributed by atoms with Crippen molar-refractivity contribution in [1.82, 2.24) is 26.6 Å². The van der Waals surface area contributed by atoms with Crippen LogP contribution in [0.5, 0.6) is 0 Å². The number of carbonyl (C=O) groups excluding carboxylic acids is 5. The molecule has 0 atom stereocenters. The van der Waals surface area contributed by atoms with Gasteiger partial charge in [0.15, 0.2) is 0 Å². The Morgan fingerprint density at radius 1 is 0.622 bits per heavy atom. The molecule has 0 radical (unpaired) electrons. The molecule has 11 heteroatoms. The fourth-order valence-electron chi connectivity index (χ4n) is 3.16. The molecule has 0 spiro atoms. The summed E-state index contributed by atoms with van der Waals surface area (Å²) in [6.07, 6.45) is 8.37. The lowest BCUT2D eigenvalue weighted by Crippen LogP contribution is -2.44. The first-order valence-electron chi connectivity index (χ1n) is 12.9. The number of amides is 4. The third-order valence-corrected chi connectivity index (χ3v) is 6.15. The number of nitrogens with one attached hydrogen (secondary N) is 5. The normalized spacial score (nSPS) is 10.4. The average molecular weight is 536 g/mol. The zero-order valence-electron chi connectivity index (χ0n) is 21.7. The Labute approximate surface area is 223 Å². The van der Waals surface area contributed by atoms with Gasteiger partial charge < -0.3 is 26.6 Å². The number of benzene rings is 1. The molecule has 0 unspecified atom stereocenters. The second kappa shape index (κ2) is 21.2. The van der Waals surface area contributed by atoms with Crippen LogP contribution in [0.4, 0.5) is 0 Å². The maximum atomic E-state index is 12.0. The van der Waals surface area contributed by atoms with Crippen LogP contribution < -0.4 is 26.6 Å². The summed E-state index contributed by atoms with van der Waals surface area (Å²) in [4.78, 5) is 59.2. The highest BCUT2D eigenvalue weighted by atomic mass is 32.2. The Kier molecular flexibility index (Phi) is 18.4. The van der Waals surface area contributed by atoms with Crippen LogP contribution in [0.25, 0.3) is 0 Å². The molecule has 1 aromatic rings. The van der Waals surface area contributed by atoms with Gasteiger partial charge in [0.25, 0.3) is 0 Å². The third-order valence-electron chi connectivity index (χ3n) is 5.24. The van der Waals surface area contributed by atoms with Gasteiger partial charge in [-0.05, 0) is 25.9 Å². The Balaban J connectivity index is 1.98. The van der Waals surface area contributed by atoms with Crippen LogP contribution in [-0.2, 0) is 19.2 Å². The molecule has 0 aliphatic heterocycles. The number of carbonyl (C=O) groups is 5. The van der Waals surface area contributed by atoms with Crippen molar-refractivity contribution in [1.29, 1.82) is 0 Å². The molecular formula is C26H41N5O5S. The van der Waals surface area contributed by atoms with Crippen LogP contribution in [0.15, 0.2) is 30.3 Å². The van der Waals surface area contributed by atoms with Crippen molar-refractivity contribution < 1.29 is 24.0 Å². The summed E-state index contributed by atoms with van der Waals surface area (Å²) < 4.78 is 0. The summed E-state index contributed by atoms with van der Waals surface area (Å²) in [7, 11) is 0. The van der Waals surface area contributed by atoms with E-state index in [9.17, 15) is 24.0 Å². The lowest BCUT2D eigenvalue weighted by Gasteiger charge is -2.09. The first kappa shape index (κ1) is 32.1. The van der Waals surface area contributed by atoms with Crippen molar-refractivity contribution in [3.05, 3.63) is 35.9 Å². The van der Waals surface area contributed by atoms with E-state index in [0.717, 1.165) is 31.3 Å². The van der Waals surface area contributed by atoms with Crippen LogP contribution in [0, 0.1) is 0 Å². The summed E-state index contributed by atoms with van der Waals surface area (Å²) in [6.45, 7) is 3.73. The van der Waals surface area contributed by atoms with Crippen molar-refractivity contribution in [2.24, 2.45) is 0 Å². The van der Waals surface area contributed by atoms with Crippen LogP contribution in [0.3, 0.4) is 0 Å². The van der Waals surface area contributed by atoms with Crippen molar-refractivity contribution in [3.63, 3.8) is 0 Å². The molecule has 1 aromatic carbocycles. The molecule has 0 aliphatic rings. The third kappa shape index (κ3) is 18.0. The highest BCUT2D eigenvalue weighted by Crippen LogP contribution is 2.11. The maximum Gasteiger partial charge on any atom is 0.239 e. The number of unbranched alkanes of at least 4 members (excludes halogenated alkanes) is 5. The molecule has 206 valence electrons. The minimum atomic E-state index is -0.555. The summed E-state index contributed by atoms with van der Waals surface area (Å²) in [6, 6.07) is 8.58. The molecule has 0 aromatic heterocycles. The van der Waals surface area contributed by atoms with Gasteiger partial charge in [0.2, 0.25) is 28.7 Å². The van der Waals surface area contributed by atoms with Gasteiger partial charge in [0.05, 0.1) is 25.4 Å². The molecule has 4 amide bonds. The Morgan fingerprint density at radius 3 is 1.81 bits per heavy atom. The van der Waals surface area contributed by atoms with Crippen LogP contribution in [-0.4, -0.2) is 73.8 Å². The molecule has 37 heavy (non-hydrogen) atoms. The first-order chi connectivity index (χ1) is 17.9. The van der Waals surface area contributed by atoms with E-state index in [-0.39, 0.29) is 36.4 Å². The maximum absolute atomic E-state index is 12.0. The fraction of sp³-hybridized carbons (Fsp3) is 0.577. The van der Waals surface area contributed by atoms with Gasteiger partial charge in [-0.1, -0.05) is 81.1 Å². The Morgan fingerprint density at radius 2 is 1.16 bits per heavy atom. The van der Waals surface area contributed by atoms with Crippen molar-refractivity contribution >= 4 is 40.5 Å². The molecule has 10 nitrogen and oxygen atoms in total. The van der Waals surface area contributed by atoms with E-state index in [1.165, 1.54) is 38.5 Å². The second-order valence-electron chi connectivity index (χ2n) is 8.49. The minimum absolute atomic E-state index is 0.119. The van der Waals surface area contributed by atoms with Gasteiger partial charge in [-0.25, -0.2) is 0 Å². The van der Waals surface area contributed by atoms with Gasteiger partial charge >= 0.3 is 0 Å². The molecule has 0 saturated heterocycles. The van der Waals surface area contributed by atoms with E-state index < -0.39 is 17.7 Å². The SMILES string of the molecule is CCCCCCCCNCCCNC(=O)CNC(=O)CNC(=O)CNC(=O)CSC(=O)c1ccccc1. The summed E-state index contributed by atoms with van der Waals surface area (Å²) >= 11 is 0.843. The molecule has 0 fully saturated rings. The fourth-order valence-corrected chi connectivity index (χ4v) is 3.83. The summed E-state index contributed by atoms with van der Waals surface area (Å²) in [5.74, 6) is -1.96. The molecule has 0 bridgehead atoms. The van der Waals surface area contributed by atoms with Gasteiger partial charge in [-0.15, -0.1) is 0 Å². The molecule has 0 saturated carbocycles. The Bertz CT molecular complexity index is 838. The number of hydrogen-bond donors (Lipinski definition) is 5. The average Bonchev–Trinajstić information content (AvgIpc) is 2.91. The predicted molar refractivity (Wildman–Crippen MR) is 146 cm³/mol. The summed E-state index contributed by atoms with van der Waals surface area (Å²) in [5, 5.41) is 13.0. The van der Waals surface area contributed by atoms with Gasteiger partial charge in [0, 0.05) is 12.1 Å². The molecule has 5 N–H and O–H groups in total. The van der Waals surface area contributed by atoms with Crippen LogP contribution in [0.2, 0.25) is 0 Å². The highest BCUT2D eigenvalue weighted by molar-refractivity contribution is 8.14. The lowest BCUT2D eigenvalue weighted by atomic mass is 10.1. The zero-order valence-corrected chi connectivity index (χ0v) is 22.6. The lowest BCUT2D eigenvalue weighted by molar-refractivity contribution is -0.128. The van der Waals surface area contributed by atoms with Crippen molar-refractivity contribution in [2.75, 3.05) is 45.0 Å². The monoisotopic (exact) mass is 535 g/mol. The van der Waals surface area contributed by atoms with Crippen molar-refractivity contribution in [3.8, 4) is 0 Å². The molecule has 0 aliphatic carbocycles. The molecular weight excluding hydrogens is 494 g/mol. The van der Waals surface area contributed by atoms with Crippen LogP contribution >= 0.6 is 11.8 Å². The van der Waals surface area contributed by atoms with Gasteiger partial charge in [-0.3, -0.25) is 24.0 Å². The van der Waals surface area contributed by atoms with E-state index in [1.54, 1.807) is 30.3 Å². The minimum Gasteiger partial charge on any atom is -0.355 e. The Hall–Kier alpha value is -2.92. The topological polar surface area (TPSA) is 145 Å². The number of hydrogen-bond acceptors (Lipinski definition) is 7. The van der Waals surface area contributed by atoms with E-state index in [0.29, 0.717) is 12.1 Å². The van der Waals surface area contributed by atoms with Gasteiger partial charge in [-0.2, -0.15) is 0 Å². The zero-order chi connectivity index (χ0) is 27.1. The quantitative estimate of drug-likeness (QED) is 0.159. The van der Waals surface area contributed by atoms with Gasteiger partial charge in [0.1, 0.15) is 0 Å². The number of rotatable bonds is 20. The highest BCUT2D eigenvalue weighted by Gasteiger charge is 2.12.